The normalized spacial score (nSPS) is 11.6. The number of nitrogens with zero attached hydrogens (tertiary/aromatic N) is 1. The van der Waals surface area contributed by atoms with Crippen LogP contribution in [0.15, 0.2) is 54.6 Å². The van der Waals surface area contributed by atoms with Crippen molar-refractivity contribution in [2.24, 2.45) is 0 Å². The molecule has 0 saturated carbocycles. The van der Waals surface area contributed by atoms with E-state index in [2.05, 4.69) is 10.9 Å². The Morgan fingerprint density at radius 3 is 2.63 bits per heavy atom. The Bertz CT molecular complexity index is 885. The van der Waals surface area contributed by atoms with E-state index in [-0.39, 0.29) is 11.4 Å². The van der Waals surface area contributed by atoms with Crippen LogP contribution in [0.25, 0.3) is 6.08 Å². The molecule has 0 aliphatic carbocycles. The van der Waals surface area contributed by atoms with E-state index in [4.69, 9.17) is 4.74 Å². The van der Waals surface area contributed by atoms with E-state index in [0.717, 1.165) is 6.08 Å². The minimum absolute atomic E-state index is 0.0861. The standard InChI is InChI=1S/C18H16FN3O5/c1-12(27-16-8-3-2-7-15(16)19)18(24)21-20-17(23)10-9-13-5-4-6-14(11-13)22(25)26/h2-12H,1H3,(H,20,23)(H,21,24). The van der Waals surface area contributed by atoms with Gasteiger partial charge in [-0.15, -0.1) is 0 Å². The molecule has 8 nitrogen and oxygen atoms in total. The number of ether oxygens (including phenoxy) is 1. The number of carbonyl (C=O) groups is 2. The highest BCUT2D eigenvalue weighted by molar-refractivity contribution is 5.93. The van der Waals surface area contributed by atoms with E-state index in [9.17, 15) is 24.1 Å². The number of non-ortho nitro benzene ring substituents is 1. The number of hydrogen-bond acceptors (Lipinski definition) is 5. The maximum Gasteiger partial charge on any atom is 0.279 e. The third-order valence-corrected chi connectivity index (χ3v) is 3.33. The van der Waals surface area contributed by atoms with Gasteiger partial charge in [0, 0.05) is 18.2 Å². The van der Waals surface area contributed by atoms with Gasteiger partial charge < -0.3 is 4.74 Å². The Morgan fingerprint density at radius 2 is 1.93 bits per heavy atom. The quantitative estimate of drug-likeness (QED) is 0.459. The van der Waals surface area contributed by atoms with Crippen molar-refractivity contribution in [1.82, 2.24) is 10.9 Å². The van der Waals surface area contributed by atoms with Crippen molar-refractivity contribution in [3.8, 4) is 5.75 Å². The topological polar surface area (TPSA) is 111 Å². The molecule has 2 rings (SSSR count). The predicted octanol–water partition coefficient (Wildman–Crippen LogP) is 2.36. The van der Waals surface area contributed by atoms with Gasteiger partial charge in [0.25, 0.3) is 17.5 Å². The molecule has 140 valence electrons. The highest BCUT2D eigenvalue weighted by atomic mass is 19.1. The molecular formula is C18H16FN3O5. The summed E-state index contributed by atoms with van der Waals surface area (Å²) in [6, 6.07) is 11.3. The Balaban J connectivity index is 1.85. The van der Waals surface area contributed by atoms with Gasteiger partial charge in [-0.25, -0.2) is 4.39 Å². The zero-order valence-electron chi connectivity index (χ0n) is 14.2. The van der Waals surface area contributed by atoms with E-state index >= 15 is 0 Å². The number of halogens is 1. The van der Waals surface area contributed by atoms with Gasteiger partial charge >= 0.3 is 0 Å². The van der Waals surface area contributed by atoms with Gasteiger partial charge in [-0.2, -0.15) is 0 Å². The second kappa shape index (κ2) is 9.09. The number of rotatable bonds is 6. The molecule has 2 amide bonds. The number of benzene rings is 2. The number of nitrogens with one attached hydrogen (secondary N) is 2. The first kappa shape index (κ1) is 19.6. The van der Waals surface area contributed by atoms with Crippen molar-refractivity contribution in [2.75, 3.05) is 0 Å². The van der Waals surface area contributed by atoms with Crippen molar-refractivity contribution in [1.29, 1.82) is 0 Å². The van der Waals surface area contributed by atoms with Gasteiger partial charge in [-0.3, -0.25) is 30.6 Å². The second-order valence-corrected chi connectivity index (χ2v) is 5.35. The molecule has 2 aromatic rings. The Morgan fingerprint density at radius 1 is 1.19 bits per heavy atom. The number of hydrogen-bond donors (Lipinski definition) is 2. The minimum Gasteiger partial charge on any atom is -0.478 e. The predicted molar refractivity (Wildman–Crippen MR) is 94.9 cm³/mol. The lowest BCUT2D eigenvalue weighted by Crippen LogP contribution is -2.46. The molecule has 0 aliphatic heterocycles. The van der Waals surface area contributed by atoms with E-state index in [1.807, 2.05) is 0 Å². The molecule has 0 aromatic heterocycles. The smallest absolute Gasteiger partial charge is 0.279 e. The molecular weight excluding hydrogens is 357 g/mol. The molecule has 0 fully saturated rings. The average Bonchev–Trinajstić information content (AvgIpc) is 2.66. The molecule has 0 spiro atoms. The fraction of sp³-hybridized carbons (Fsp3) is 0.111. The third kappa shape index (κ3) is 5.92. The number of hydrazine groups is 1. The number of amides is 2. The SMILES string of the molecule is CC(Oc1ccccc1F)C(=O)NNC(=O)C=Cc1cccc([N+](=O)[O-])c1. The highest BCUT2D eigenvalue weighted by Gasteiger charge is 2.16. The van der Waals surface area contributed by atoms with Crippen LogP contribution in [0.2, 0.25) is 0 Å². The number of para-hydroxylation sites is 1. The Labute approximate surface area is 153 Å². The molecule has 0 aliphatic rings. The monoisotopic (exact) mass is 373 g/mol. The molecule has 0 bridgehead atoms. The van der Waals surface area contributed by atoms with Gasteiger partial charge in [0.15, 0.2) is 17.7 Å². The highest BCUT2D eigenvalue weighted by Crippen LogP contribution is 2.17. The molecule has 1 atom stereocenters. The van der Waals surface area contributed by atoms with E-state index < -0.39 is 28.7 Å². The summed E-state index contributed by atoms with van der Waals surface area (Å²) < 4.78 is 18.7. The van der Waals surface area contributed by atoms with Crippen molar-refractivity contribution < 1.29 is 23.6 Å². The summed E-state index contributed by atoms with van der Waals surface area (Å²) in [4.78, 5) is 33.8. The van der Waals surface area contributed by atoms with E-state index in [0.29, 0.717) is 5.56 Å². The third-order valence-electron chi connectivity index (χ3n) is 3.33. The summed E-state index contributed by atoms with van der Waals surface area (Å²) in [5, 5.41) is 10.7. The Kier molecular flexibility index (Phi) is 6.59. The molecule has 0 radical (unpaired) electrons. The van der Waals surface area contributed by atoms with Crippen molar-refractivity contribution in [3.05, 3.63) is 76.1 Å². The fourth-order valence-corrected chi connectivity index (χ4v) is 1.96. The van der Waals surface area contributed by atoms with Gasteiger partial charge in [-0.05, 0) is 30.7 Å². The van der Waals surface area contributed by atoms with Gasteiger partial charge in [0.2, 0.25) is 0 Å². The van der Waals surface area contributed by atoms with Crippen LogP contribution in [-0.4, -0.2) is 22.8 Å². The zero-order valence-corrected chi connectivity index (χ0v) is 14.2. The fourth-order valence-electron chi connectivity index (χ4n) is 1.96. The molecule has 1 unspecified atom stereocenters. The van der Waals surface area contributed by atoms with Crippen LogP contribution >= 0.6 is 0 Å². The average molecular weight is 373 g/mol. The summed E-state index contributed by atoms with van der Waals surface area (Å²) in [6.07, 6.45) is 1.40. The summed E-state index contributed by atoms with van der Waals surface area (Å²) in [5.74, 6) is -2.04. The Hall–Kier alpha value is -3.75. The van der Waals surface area contributed by atoms with Crippen LogP contribution in [-0.2, 0) is 9.59 Å². The first-order valence-electron chi connectivity index (χ1n) is 7.80. The summed E-state index contributed by atoms with van der Waals surface area (Å²) in [5.41, 5.74) is 4.62. The zero-order chi connectivity index (χ0) is 19.8. The summed E-state index contributed by atoms with van der Waals surface area (Å²) in [6.45, 7) is 1.40. The lowest BCUT2D eigenvalue weighted by atomic mass is 10.2. The van der Waals surface area contributed by atoms with Crippen LogP contribution in [0.3, 0.4) is 0 Å². The van der Waals surface area contributed by atoms with Crippen molar-refractivity contribution in [3.63, 3.8) is 0 Å². The van der Waals surface area contributed by atoms with Crippen molar-refractivity contribution >= 4 is 23.6 Å². The van der Waals surface area contributed by atoms with E-state index in [1.165, 1.54) is 49.4 Å². The minimum atomic E-state index is -1.05. The van der Waals surface area contributed by atoms with Crippen molar-refractivity contribution in [2.45, 2.75) is 13.0 Å². The molecule has 9 heteroatoms. The molecule has 27 heavy (non-hydrogen) atoms. The van der Waals surface area contributed by atoms with Crippen LogP contribution in [0.1, 0.15) is 12.5 Å². The van der Waals surface area contributed by atoms with Gasteiger partial charge in [-0.1, -0.05) is 24.3 Å². The molecule has 0 heterocycles. The van der Waals surface area contributed by atoms with Gasteiger partial charge in [0.05, 0.1) is 4.92 Å². The number of nitro groups is 1. The van der Waals surface area contributed by atoms with Crippen LogP contribution < -0.4 is 15.6 Å². The lowest BCUT2D eigenvalue weighted by molar-refractivity contribution is -0.384. The summed E-state index contributed by atoms with van der Waals surface area (Å²) in [7, 11) is 0. The van der Waals surface area contributed by atoms with Crippen LogP contribution in [0.4, 0.5) is 10.1 Å². The van der Waals surface area contributed by atoms with Crippen LogP contribution in [0.5, 0.6) is 5.75 Å². The first-order valence-corrected chi connectivity index (χ1v) is 7.80. The maximum absolute atomic E-state index is 13.5. The van der Waals surface area contributed by atoms with Crippen LogP contribution in [0, 0.1) is 15.9 Å². The lowest BCUT2D eigenvalue weighted by Gasteiger charge is -2.15. The maximum atomic E-state index is 13.5. The van der Waals surface area contributed by atoms with E-state index in [1.54, 1.807) is 12.1 Å². The second-order valence-electron chi connectivity index (χ2n) is 5.35. The largest absolute Gasteiger partial charge is 0.478 e. The first-order chi connectivity index (χ1) is 12.9. The molecule has 2 aromatic carbocycles. The number of nitro benzene ring substituents is 1. The molecule has 2 N–H and O–H groups in total. The number of carbonyl (C=O) groups excluding carboxylic acids is 2. The summed E-state index contributed by atoms with van der Waals surface area (Å²) >= 11 is 0. The molecule has 0 saturated heterocycles. The van der Waals surface area contributed by atoms with Gasteiger partial charge in [0.1, 0.15) is 0 Å².